The number of anilines is 2. The van der Waals surface area contributed by atoms with Crippen LogP contribution in [-0.4, -0.2) is 30.0 Å². The van der Waals surface area contributed by atoms with Gasteiger partial charge >= 0.3 is 0 Å². The van der Waals surface area contributed by atoms with E-state index in [0.29, 0.717) is 11.4 Å². The first-order chi connectivity index (χ1) is 9.47. The van der Waals surface area contributed by atoms with Gasteiger partial charge in [-0.1, -0.05) is 0 Å². The number of nitrogens with zero attached hydrogens (tertiary/aromatic N) is 3. The second-order valence-electron chi connectivity index (χ2n) is 4.61. The first-order valence-corrected chi connectivity index (χ1v) is 7.01. The number of aromatic nitrogens is 2. The summed E-state index contributed by atoms with van der Waals surface area (Å²) in [7, 11) is 3.82. The van der Waals surface area contributed by atoms with Gasteiger partial charge in [-0.3, -0.25) is 4.79 Å². The highest BCUT2D eigenvalue weighted by molar-refractivity contribution is 7.09. The molecule has 0 aromatic carbocycles. The summed E-state index contributed by atoms with van der Waals surface area (Å²) >= 11 is 1.38. The molecular weight excluding hydrogens is 274 g/mol. The molecule has 1 unspecified atom stereocenters. The molecule has 106 valence electrons. The van der Waals surface area contributed by atoms with Gasteiger partial charge in [0.1, 0.15) is 16.5 Å². The smallest absolute Gasteiger partial charge is 0.275 e. The number of nitrogens with two attached hydrogens (primary N) is 1. The Hall–Kier alpha value is -1.99. The van der Waals surface area contributed by atoms with E-state index in [0.717, 1.165) is 10.8 Å². The molecule has 3 N–H and O–H groups in total. The summed E-state index contributed by atoms with van der Waals surface area (Å²) in [6.07, 6.45) is 1.62. The van der Waals surface area contributed by atoms with Crippen molar-refractivity contribution in [2.75, 3.05) is 24.3 Å². The maximum Gasteiger partial charge on any atom is 0.275 e. The summed E-state index contributed by atoms with van der Waals surface area (Å²) in [6.45, 7) is 1.84. The summed E-state index contributed by atoms with van der Waals surface area (Å²) in [5.41, 5.74) is 6.74. The summed E-state index contributed by atoms with van der Waals surface area (Å²) in [6, 6.07) is 3.48. The van der Waals surface area contributed by atoms with Crippen LogP contribution in [0.1, 0.15) is 28.5 Å². The van der Waals surface area contributed by atoms with Crippen LogP contribution in [0.3, 0.4) is 0 Å². The zero-order valence-corrected chi connectivity index (χ0v) is 12.4. The van der Waals surface area contributed by atoms with E-state index in [2.05, 4.69) is 15.3 Å². The van der Waals surface area contributed by atoms with E-state index in [1.165, 1.54) is 11.3 Å². The van der Waals surface area contributed by atoms with Crippen LogP contribution in [-0.2, 0) is 0 Å². The van der Waals surface area contributed by atoms with Crippen LogP contribution >= 0.6 is 11.3 Å². The van der Waals surface area contributed by atoms with Crippen molar-refractivity contribution in [2.45, 2.75) is 13.0 Å². The lowest BCUT2D eigenvalue weighted by Gasteiger charge is -2.11. The first kappa shape index (κ1) is 14.4. The Morgan fingerprint density at radius 1 is 1.45 bits per heavy atom. The molecule has 0 aliphatic heterocycles. The minimum Gasteiger partial charge on any atom is -0.363 e. The Bertz CT molecular complexity index is 591. The van der Waals surface area contributed by atoms with Crippen molar-refractivity contribution >= 4 is 28.7 Å². The normalized spacial score (nSPS) is 12.0. The molecule has 0 aliphatic carbocycles. The Morgan fingerprint density at radius 2 is 2.20 bits per heavy atom. The number of rotatable bonds is 4. The number of carbonyl (C=O) groups is 1. The van der Waals surface area contributed by atoms with Gasteiger partial charge in [0.25, 0.3) is 5.91 Å². The van der Waals surface area contributed by atoms with Crippen LogP contribution < -0.4 is 16.0 Å². The van der Waals surface area contributed by atoms with Gasteiger partial charge in [-0.05, 0) is 19.1 Å². The van der Waals surface area contributed by atoms with Gasteiger partial charge in [-0.15, -0.1) is 11.3 Å². The summed E-state index contributed by atoms with van der Waals surface area (Å²) in [5, 5.41) is 5.21. The summed E-state index contributed by atoms with van der Waals surface area (Å²) < 4.78 is 0. The van der Waals surface area contributed by atoms with E-state index in [4.69, 9.17) is 5.73 Å². The lowest BCUT2D eigenvalue weighted by Crippen LogP contribution is -2.14. The first-order valence-electron chi connectivity index (χ1n) is 6.13. The highest BCUT2D eigenvalue weighted by atomic mass is 32.1. The van der Waals surface area contributed by atoms with Crippen molar-refractivity contribution in [2.24, 2.45) is 5.73 Å². The number of hydrogen-bond acceptors (Lipinski definition) is 6. The highest BCUT2D eigenvalue weighted by Crippen LogP contribution is 2.17. The van der Waals surface area contributed by atoms with Crippen LogP contribution in [0.15, 0.2) is 23.7 Å². The molecule has 0 saturated heterocycles. The third kappa shape index (κ3) is 3.31. The minimum absolute atomic E-state index is 0.164. The summed E-state index contributed by atoms with van der Waals surface area (Å²) in [4.78, 5) is 22.3. The molecule has 2 aromatic rings. The van der Waals surface area contributed by atoms with E-state index in [-0.39, 0.29) is 11.9 Å². The number of hydrogen-bond donors (Lipinski definition) is 2. The van der Waals surface area contributed by atoms with E-state index in [1.54, 1.807) is 17.6 Å². The molecule has 0 bridgehead atoms. The van der Waals surface area contributed by atoms with E-state index in [1.807, 2.05) is 32.0 Å². The molecule has 7 heteroatoms. The monoisotopic (exact) mass is 291 g/mol. The topological polar surface area (TPSA) is 84.1 Å². The lowest BCUT2D eigenvalue weighted by atomic mass is 10.3. The van der Waals surface area contributed by atoms with E-state index < -0.39 is 0 Å². The van der Waals surface area contributed by atoms with Crippen molar-refractivity contribution in [1.29, 1.82) is 0 Å². The number of amides is 1. The Balaban J connectivity index is 2.06. The molecule has 6 nitrogen and oxygen atoms in total. The molecule has 2 aromatic heterocycles. The minimum atomic E-state index is -0.257. The number of nitrogens with one attached hydrogen (secondary N) is 1. The largest absolute Gasteiger partial charge is 0.363 e. The van der Waals surface area contributed by atoms with E-state index >= 15 is 0 Å². The molecule has 2 rings (SSSR count). The Kier molecular flexibility index (Phi) is 4.31. The lowest BCUT2D eigenvalue weighted by molar-refractivity contribution is 0.102. The van der Waals surface area contributed by atoms with Crippen molar-refractivity contribution in [3.63, 3.8) is 0 Å². The number of pyridine rings is 1. The van der Waals surface area contributed by atoms with Gasteiger partial charge in [-0.2, -0.15) is 0 Å². The van der Waals surface area contributed by atoms with Crippen molar-refractivity contribution in [1.82, 2.24) is 9.97 Å². The van der Waals surface area contributed by atoms with Crippen LogP contribution in [0.2, 0.25) is 0 Å². The molecule has 0 spiro atoms. The van der Waals surface area contributed by atoms with Gasteiger partial charge in [0.05, 0.1) is 17.9 Å². The van der Waals surface area contributed by atoms with Gasteiger partial charge in [0, 0.05) is 19.5 Å². The average Bonchev–Trinajstić information content (AvgIpc) is 2.89. The fraction of sp³-hybridized carbons (Fsp3) is 0.308. The zero-order chi connectivity index (χ0) is 14.7. The van der Waals surface area contributed by atoms with E-state index in [9.17, 15) is 4.79 Å². The van der Waals surface area contributed by atoms with Crippen LogP contribution in [0.5, 0.6) is 0 Å². The Labute approximate surface area is 121 Å². The fourth-order valence-electron chi connectivity index (χ4n) is 1.52. The van der Waals surface area contributed by atoms with Gasteiger partial charge in [0.2, 0.25) is 0 Å². The number of thiazole rings is 1. The van der Waals surface area contributed by atoms with Gasteiger partial charge < -0.3 is 16.0 Å². The second-order valence-corrected chi connectivity index (χ2v) is 5.50. The van der Waals surface area contributed by atoms with Crippen molar-refractivity contribution in [3.05, 3.63) is 34.4 Å². The van der Waals surface area contributed by atoms with Gasteiger partial charge in [-0.25, -0.2) is 9.97 Å². The van der Waals surface area contributed by atoms with Crippen LogP contribution in [0.4, 0.5) is 11.5 Å². The molecule has 1 atom stereocenters. The molecule has 20 heavy (non-hydrogen) atoms. The molecule has 0 aliphatic rings. The Morgan fingerprint density at radius 3 is 2.70 bits per heavy atom. The second kappa shape index (κ2) is 5.98. The molecular formula is C13H17N5OS. The molecule has 2 heterocycles. The van der Waals surface area contributed by atoms with Crippen molar-refractivity contribution in [3.8, 4) is 0 Å². The maximum absolute atomic E-state index is 12.0. The quantitative estimate of drug-likeness (QED) is 0.898. The van der Waals surface area contributed by atoms with Gasteiger partial charge in [0.15, 0.2) is 0 Å². The third-order valence-electron chi connectivity index (χ3n) is 2.61. The number of carbonyl (C=O) groups excluding carboxylic acids is 1. The maximum atomic E-state index is 12.0. The van der Waals surface area contributed by atoms with Crippen LogP contribution in [0, 0.1) is 0 Å². The van der Waals surface area contributed by atoms with Crippen LogP contribution in [0.25, 0.3) is 0 Å². The predicted molar refractivity (Wildman–Crippen MR) is 81.2 cm³/mol. The third-order valence-corrected chi connectivity index (χ3v) is 3.65. The SMILES string of the molecule is CC(N)c1nc(C(=O)Nc2ccc(N(C)C)nc2)cs1. The highest BCUT2D eigenvalue weighted by Gasteiger charge is 2.13. The average molecular weight is 291 g/mol. The predicted octanol–water partition coefficient (Wildman–Crippen LogP) is 1.88. The molecule has 1 amide bonds. The molecule has 0 fully saturated rings. The van der Waals surface area contributed by atoms with Crippen molar-refractivity contribution < 1.29 is 4.79 Å². The zero-order valence-electron chi connectivity index (χ0n) is 11.6. The molecule has 0 radical (unpaired) electrons. The molecule has 0 saturated carbocycles. The summed E-state index contributed by atoms with van der Waals surface area (Å²) in [5.74, 6) is 0.573. The standard InChI is InChI=1S/C13H17N5OS/c1-8(14)13-17-10(7-20-13)12(19)16-9-4-5-11(15-6-9)18(2)3/h4-8H,14H2,1-3H3,(H,16,19). The fourth-order valence-corrected chi connectivity index (χ4v) is 2.28.